The first-order valence-corrected chi connectivity index (χ1v) is 7.78. The molecule has 24 heavy (non-hydrogen) atoms. The van der Waals surface area contributed by atoms with Crippen LogP contribution >= 0.6 is 0 Å². The fourth-order valence-corrected chi connectivity index (χ4v) is 2.48. The van der Waals surface area contributed by atoms with Gasteiger partial charge < -0.3 is 14.7 Å². The maximum absolute atomic E-state index is 11.9. The summed E-state index contributed by atoms with van der Waals surface area (Å²) in [5.41, 5.74) is 4.63. The maximum atomic E-state index is 11.9. The van der Waals surface area contributed by atoms with Crippen molar-refractivity contribution in [3.05, 3.63) is 59.7 Å². The SMILES string of the molecule is O=C(N/N=C\c1ccc(N2CCOCC2)cc1)c1ccccc1O. The van der Waals surface area contributed by atoms with E-state index in [2.05, 4.69) is 15.4 Å². The molecule has 1 aliphatic heterocycles. The number of hydrogen-bond acceptors (Lipinski definition) is 5. The van der Waals surface area contributed by atoms with E-state index in [4.69, 9.17) is 4.74 Å². The average molecular weight is 325 g/mol. The summed E-state index contributed by atoms with van der Waals surface area (Å²) in [5.74, 6) is -0.519. The Hall–Kier alpha value is -2.86. The van der Waals surface area contributed by atoms with Gasteiger partial charge in [-0.15, -0.1) is 0 Å². The van der Waals surface area contributed by atoms with E-state index in [1.807, 2.05) is 24.3 Å². The summed E-state index contributed by atoms with van der Waals surface area (Å²) in [6.07, 6.45) is 1.57. The average Bonchev–Trinajstić information content (AvgIpc) is 2.63. The number of morpholine rings is 1. The van der Waals surface area contributed by atoms with Crippen LogP contribution in [0.3, 0.4) is 0 Å². The van der Waals surface area contributed by atoms with Crippen molar-refractivity contribution in [2.24, 2.45) is 5.10 Å². The molecule has 0 saturated carbocycles. The largest absolute Gasteiger partial charge is 0.507 e. The highest BCUT2D eigenvalue weighted by Crippen LogP contribution is 2.16. The van der Waals surface area contributed by atoms with E-state index in [0.717, 1.165) is 37.6 Å². The second-order valence-electron chi connectivity index (χ2n) is 5.41. The lowest BCUT2D eigenvalue weighted by Gasteiger charge is -2.28. The number of rotatable bonds is 4. The Bertz CT molecular complexity index is 723. The summed E-state index contributed by atoms with van der Waals surface area (Å²) < 4.78 is 5.34. The van der Waals surface area contributed by atoms with Crippen LogP contribution in [0.4, 0.5) is 5.69 Å². The molecule has 0 radical (unpaired) electrons. The summed E-state index contributed by atoms with van der Waals surface area (Å²) in [6, 6.07) is 14.3. The van der Waals surface area contributed by atoms with Crippen LogP contribution in [0.25, 0.3) is 0 Å². The number of ether oxygens (including phenoxy) is 1. The highest BCUT2D eigenvalue weighted by Gasteiger charge is 2.11. The Labute approximate surface area is 140 Å². The van der Waals surface area contributed by atoms with Crippen LogP contribution in [-0.2, 0) is 4.74 Å². The van der Waals surface area contributed by atoms with E-state index in [1.54, 1.807) is 18.3 Å². The van der Waals surface area contributed by atoms with E-state index in [9.17, 15) is 9.90 Å². The minimum atomic E-state index is -0.450. The molecule has 0 unspecified atom stereocenters. The summed E-state index contributed by atoms with van der Waals surface area (Å²) in [6.45, 7) is 3.29. The molecule has 0 bridgehead atoms. The lowest BCUT2D eigenvalue weighted by molar-refractivity contribution is 0.0952. The molecule has 0 aromatic heterocycles. The molecule has 1 aliphatic rings. The molecule has 6 heteroatoms. The Morgan fingerprint density at radius 1 is 1.12 bits per heavy atom. The molecular weight excluding hydrogens is 306 g/mol. The van der Waals surface area contributed by atoms with E-state index in [1.165, 1.54) is 12.1 Å². The minimum Gasteiger partial charge on any atom is -0.507 e. The van der Waals surface area contributed by atoms with Gasteiger partial charge in [-0.25, -0.2) is 5.43 Å². The van der Waals surface area contributed by atoms with Gasteiger partial charge in [-0.05, 0) is 29.8 Å². The third-order valence-electron chi connectivity index (χ3n) is 3.80. The number of hydrazone groups is 1. The summed E-state index contributed by atoms with van der Waals surface area (Å²) in [4.78, 5) is 14.2. The molecule has 1 saturated heterocycles. The molecule has 1 heterocycles. The van der Waals surface area contributed by atoms with Crippen molar-refractivity contribution in [3.8, 4) is 5.75 Å². The van der Waals surface area contributed by atoms with Gasteiger partial charge in [-0.2, -0.15) is 5.10 Å². The van der Waals surface area contributed by atoms with Crippen molar-refractivity contribution >= 4 is 17.8 Å². The molecule has 0 aliphatic carbocycles. The predicted octanol–water partition coefficient (Wildman–Crippen LogP) is 1.99. The fourth-order valence-electron chi connectivity index (χ4n) is 2.48. The number of nitrogens with one attached hydrogen (secondary N) is 1. The summed E-state index contributed by atoms with van der Waals surface area (Å²) in [7, 11) is 0. The first kappa shape index (κ1) is 16.0. The molecule has 2 N–H and O–H groups in total. The molecule has 0 atom stereocenters. The number of phenolic OH excluding ortho intramolecular Hbond substituents is 1. The van der Waals surface area contributed by atoms with E-state index >= 15 is 0 Å². The van der Waals surface area contributed by atoms with Gasteiger partial charge in [-0.1, -0.05) is 24.3 Å². The first-order valence-electron chi connectivity index (χ1n) is 7.78. The number of amides is 1. The van der Waals surface area contributed by atoms with Crippen LogP contribution in [0.15, 0.2) is 53.6 Å². The van der Waals surface area contributed by atoms with Crippen LogP contribution in [0, 0.1) is 0 Å². The summed E-state index contributed by atoms with van der Waals surface area (Å²) >= 11 is 0. The van der Waals surface area contributed by atoms with Gasteiger partial charge >= 0.3 is 0 Å². The van der Waals surface area contributed by atoms with Crippen LogP contribution in [0.5, 0.6) is 5.75 Å². The number of carbonyl (C=O) groups is 1. The highest BCUT2D eigenvalue weighted by atomic mass is 16.5. The van der Waals surface area contributed by atoms with Crippen LogP contribution < -0.4 is 10.3 Å². The maximum Gasteiger partial charge on any atom is 0.275 e. The number of hydrogen-bond donors (Lipinski definition) is 2. The molecule has 1 amide bonds. The van der Waals surface area contributed by atoms with Gasteiger partial charge in [0, 0.05) is 18.8 Å². The van der Waals surface area contributed by atoms with Crippen molar-refractivity contribution in [1.82, 2.24) is 5.43 Å². The molecule has 0 spiro atoms. The molecule has 124 valence electrons. The van der Waals surface area contributed by atoms with Gasteiger partial charge in [-0.3, -0.25) is 4.79 Å². The third-order valence-corrected chi connectivity index (χ3v) is 3.80. The van der Waals surface area contributed by atoms with Crippen molar-refractivity contribution < 1.29 is 14.6 Å². The van der Waals surface area contributed by atoms with Crippen molar-refractivity contribution in [2.45, 2.75) is 0 Å². The normalized spacial score (nSPS) is 14.8. The quantitative estimate of drug-likeness (QED) is 0.666. The number of phenols is 1. The zero-order valence-electron chi connectivity index (χ0n) is 13.2. The van der Waals surface area contributed by atoms with E-state index in [0.29, 0.717) is 0 Å². The molecule has 2 aromatic carbocycles. The zero-order valence-corrected chi connectivity index (χ0v) is 13.2. The first-order chi connectivity index (χ1) is 11.7. The number of para-hydroxylation sites is 1. The van der Waals surface area contributed by atoms with E-state index in [-0.39, 0.29) is 11.3 Å². The molecule has 2 aromatic rings. The lowest BCUT2D eigenvalue weighted by atomic mass is 10.2. The fraction of sp³-hybridized carbons (Fsp3) is 0.222. The van der Waals surface area contributed by atoms with Gasteiger partial charge in [0.2, 0.25) is 0 Å². The van der Waals surface area contributed by atoms with Crippen LogP contribution in [0.1, 0.15) is 15.9 Å². The smallest absolute Gasteiger partial charge is 0.275 e. The Kier molecular flexibility index (Phi) is 5.08. The second kappa shape index (κ2) is 7.61. The van der Waals surface area contributed by atoms with Gasteiger partial charge in [0.25, 0.3) is 5.91 Å². The number of benzene rings is 2. The second-order valence-corrected chi connectivity index (χ2v) is 5.41. The van der Waals surface area contributed by atoms with E-state index < -0.39 is 5.91 Å². The number of nitrogens with zero attached hydrogens (tertiary/aromatic N) is 2. The van der Waals surface area contributed by atoms with Crippen LogP contribution in [-0.4, -0.2) is 43.5 Å². The number of carbonyl (C=O) groups excluding carboxylic acids is 1. The molecule has 6 nitrogen and oxygen atoms in total. The van der Waals surface area contributed by atoms with Gasteiger partial charge in [0.15, 0.2) is 0 Å². The Balaban J connectivity index is 1.58. The zero-order chi connectivity index (χ0) is 16.8. The van der Waals surface area contributed by atoms with Gasteiger partial charge in [0.1, 0.15) is 5.75 Å². The monoisotopic (exact) mass is 325 g/mol. The third kappa shape index (κ3) is 3.91. The van der Waals surface area contributed by atoms with Crippen molar-refractivity contribution in [1.29, 1.82) is 0 Å². The lowest BCUT2D eigenvalue weighted by Crippen LogP contribution is -2.36. The molecule has 1 fully saturated rings. The Morgan fingerprint density at radius 3 is 2.54 bits per heavy atom. The van der Waals surface area contributed by atoms with Crippen molar-refractivity contribution in [3.63, 3.8) is 0 Å². The molecular formula is C18H19N3O3. The minimum absolute atomic E-state index is 0.0694. The number of anilines is 1. The topological polar surface area (TPSA) is 74.2 Å². The highest BCUT2D eigenvalue weighted by molar-refractivity contribution is 5.97. The van der Waals surface area contributed by atoms with Gasteiger partial charge in [0.05, 0.1) is 25.0 Å². The molecule has 3 rings (SSSR count). The van der Waals surface area contributed by atoms with Crippen molar-refractivity contribution in [2.75, 3.05) is 31.2 Å². The van der Waals surface area contributed by atoms with Crippen LogP contribution in [0.2, 0.25) is 0 Å². The standard InChI is InChI=1S/C18H19N3O3/c22-17-4-2-1-3-16(17)18(23)20-19-13-14-5-7-15(8-6-14)21-9-11-24-12-10-21/h1-8,13,22H,9-12H2,(H,20,23)/b19-13-. The predicted molar refractivity (Wildman–Crippen MR) is 92.6 cm³/mol. The number of aromatic hydroxyl groups is 1. The summed E-state index contributed by atoms with van der Waals surface area (Å²) in [5, 5.41) is 13.6. The Morgan fingerprint density at radius 2 is 1.83 bits per heavy atom.